The van der Waals surface area contributed by atoms with Gasteiger partial charge in [0.2, 0.25) is 0 Å². The summed E-state index contributed by atoms with van der Waals surface area (Å²) in [6.07, 6.45) is 6.51. The fraction of sp³-hybridized carbons (Fsp3) is 0.625. The number of hydrogen-bond acceptors (Lipinski definition) is 2. The molecule has 0 radical (unpaired) electrons. The summed E-state index contributed by atoms with van der Waals surface area (Å²) in [5.74, 6) is 0. The maximum atomic E-state index is 3.91. The zero-order valence-corrected chi connectivity index (χ0v) is 11.4. The molecule has 18 heavy (non-hydrogen) atoms. The molecule has 2 nitrogen and oxygen atoms in total. The molecule has 1 aliphatic carbocycles. The van der Waals surface area contributed by atoms with Crippen LogP contribution in [0.4, 0.5) is 0 Å². The fourth-order valence-corrected chi connectivity index (χ4v) is 3.39. The second-order valence-corrected chi connectivity index (χ2v) is 5.89. The van der Waals surface area contributed by atoms with Gasteiger partial charge in [-0.2, -0.15) is 0 Å². The SMILES string of the molecule is CN1CCC(NC2CCCc3ccccc32)CC1. The van der Waals surface area contributed by atoms with Crippen LogP contribution in [0.5, 0.6) is 0 Å². The number of rotatable bonds is 2. The third-order valence-corrected chi connectivity index (χ3v) is 4.52. The molecule has 0 aromatic heterocycles. The van der Waals surface area contributed by atoms with Crippen molar-refractivity contribution < 1.29 is 0 Å². The number of hydrogen-bond donors (Lipinski definition) is 1. The first-order chi connectivity index (χ1) is 8.83. The minimum atomic E-state index is 0.600. The van der Waals surface area contributed by atoms with Crippen LogP contribution in [0.2, 0.25) is 0 Å². The molecule has 1 aliphatic heterocycles. The average Bonchev–Trinajstić information content (AvgIpc) is 2.42. The molecule has 98 valence electrons. The summed E-state index contributed by atoms with van der Waals surface area (Å²) >= 11 is 0. The molecule has 1 heterocycles. The smallest absolute Gasteiger partial charge is 0.0325 e. The van der Waals surface area contributed by atoms with Crippen molar-refractivity contribution in [2.75, 3.05) is 20.1 Å². The predicted molar refractivity (Wildman–Crippen MR) is 75.8 cm³/mol. The van der Waals surface area contributed by atoms with Gasteiger partial charge in [-0.3, -0.25) is 0 Å². The molecule has 1 aromatic carbocycles. The fourth-order valence-electron chi connectivity index (χ4n) is 3.39. The third-order valence-electron chi connectivity index (χ3n) is 4.52. The molecule has 1 aromatic rings. The summed E-state index contributed by atoms with van der Waals surface area (Å²) in [5, 5.41) is 3.91. The van der Waals surface area contributed by atoms with E-state index in [0.717, 1.165) is 6.04 Å². The molecular weight excluding hydrogens is 220 g/mol. The van der Waals surface area contributed by atoms with Crippen molar-refractivity contribution in [3.05, 3.63) is 35.4 Å². The molecule has 3 rings (SSSR count). The Hall–Kier alpha value is -0.860. The van der Waals surface area contributed by atoms with E-state index < -0.39 is 0 Å². The first-order valence-corrected chi connectivity index (χ1v) is 7.35. The largest absolute Gasteiger partial charge is 0.307 e. The molecule has 1 unspecified atom stereocenters. The normalized spacial score (nSPS) is 25.9. The first kappa shape index (κ1) is 12.2. The summed E-state index contributed by atoms with van der Waals surface area (Å²) in [4.78, 5) is 2.44. The van der Waals surface area contributed by atoms with Gasteiger partial charge in [0.1, 0.15) is 0 Å². The molecule has 1 atom stereocenters. The van der Waals surface area contributed by atoms with Crippen LogP contribution in [0, 0.1) is 0 Å². The predicted octanol–water partition coefficient (Wildman–Crippen LogP) is 2.75. The van der Waals surface area contributed by atoms with Crippen molar-refractivity contribution in [2.24, 2.45) is 0 Å². The van der Waals surface area contributed by atoms with Crippen molar-refractivity contribution in [2.45, 2.75) is 44.2 Å². The van der Waals surface area contributed by atoms with E-state index in [9.17, 15) is 0 Å². The maximum Gasteiger partial charge on any atom is 0.0325 e. The second-order valence-electron chi connectivity index (χ2n) is 5.89. The highest BCUT2D eigenvalue weighted by molar-refractivity contribution is 5.32. The van der Waals surface area contributed by atoms with Gasteiger partial charge in [0.05, 0.1) is 0 Å². The molecule has 1 fully saturated rings. The van der Waals surface area contributed by atoms with Crippen LogP contribution < -0.4 is 5.32 Å². The van der Waals surface area contributed by atoms with E-state index in [1.807, 2.05) is 0 Å². The molecule has 2 heteroatoms. The van der Waals surface area contributed by atoms with E-state index in [1.165, 1.54) is 45.2 Å². The van der Waals surface area contributed by atoms with E-state index in [1.54, 1.807) is 11.1 Å². The number of likely N-dealkylation sites (tertiary alicyclic amines) is 1. The van der Waals surface area contributed by atoms with E-state index in [-0.39, 0.29) is 0 Å². The summed E-state index contributed by atoms with van der Waals surface area (Å²) in [6.45, 7) is 2.48. The van der Waals surface area contributed by atoms with Crippen LogP contribution in [0.25, 0.3) is 0 Å². The molecule has 1 saturated heterocycles. The molecule has 0 saturated carbocycles. The molecular formula is C16H24N2. The Morgan fingerprint density at radius 3 is 2.72 bits per heavy atom. The minimum Gasteiger partial charge on any atom is -0.307 e. The van der Waals surface area contributed by atoms with Gasteiger partial charge in [-0.1, -0.05) is 24.3 Å². The summed E-state index contributed by atoms with van der Waals surface area (Å²) in [5.41, 5.74) is 3.12. The lowest BCUT2D eigenvalue weighted by molar-refractivity contribution is 0.220. The third kappa shape index (κ3) is 2.60. The highest BCUT2D eigenvalue weighted by Gasteiger charge is 2.24. The van der Waals surface area contributed by atoms with Gasteiger partial charge in [0.15, 0.2) is 0 Å². The van der Waals surface area contributed by atoms with Crippen LogP contribution in [-0.2, 0) is 6.42 Å². The summed E-state index contributed by atoms with van der Waals surface area (Å²) in [6, 6.07) is 10.3. The lowest BCUT2D eigenvalue weighted by atomic mass is 9.87. The van der Waals surface area contributed by atoms with Crippen LogP contribution >= 0.6 is 0 Å². The zero-order chi connectivity index (χ0) is 12.4. The Morgan fingerprint density at radius 1 is 1.11 bits per heavy atom. The quantitative estimate of drug-likeness (QED) is 0.860. The standard InChI is InChI=1S/C16H24N2/c1-18-11-9-14(10-12-18)17-16-8-4-6-13-5-2-3-7-15(13)16/h2-3,5,7,14,16-17H,4,6,8-12H2,1H3. The second kappa shape index (κ2) is 5.41. The summed E-state index contributed by atoms with van der Waals surface area (Å²) in [7, 11) is 2.23. The van der Waals surface area contributed by atoms with Crippen molar-refractivity contribution in [1.82, 2.24) is 10.2 Å². The van der Waals surface area contributed by atoms with Gasteiger partial charge in [0.25, 0.3) is 0 Å². The van der Waals surface area contributed by atoms with E-state index in [4.69, 9.17) is 0 Å². The number of fused-ring (bicyclic) bond motifs is 1. The monoisotopic (exact) mass is 244 g/mol. The number of nitrogens with zero attached hydrogens (tertiary/aromatic N) is 1. The summed E-state index contributed by atoms with van der Waals surface area (Å²) < 4.78 is 0. The van der Waals surface area contributed by atoms with E-state index in [2.05, 4.69) is 41.5 Å². The van der Waals surface area contributed by atoms with Crippen LogP contribution in [0.15, 0.2) is 24.3 Å². The van der Waals surface area contributed by atoms with Gasteiger partial charge < -0.3 is 10.2 Å². The Balaban J connectivity index is 1.67. The van der Waals surface area contributed by atoms with Crippen molar-refractivity contribution in [1.29, 1.82) is 0 Å². The molecule has 2 aliphatic rings. The molecule has 0 spiro atoms. The number of nitrogens with one attached hydrogen (secondary N) is 1. The lowest BCUT2D eigenvalue weighted by Gasteiger charge is -2.35. The topological polar surface area (TPSA) is 15.3 Å². The van der Waals surface area contributed by atoms with Crippen LogP contribution in [-0.4, -0.2) is 31.1 Å². The van der Waals surface area contributed by atoms with Crippen LogP contribution in [0.1, 0.15) is 42.9 Å². The Bertz CT molecular complexity index is 394. The Kier molecular flexibility index (Phi) is 3.67. The molecule has 0 bridgehead atoms. The van der Waals surface area contributed by atoms with Crippen molar-refractivity contribution in [3.63, 3.8) is 0 Å². The van der Waals surface area contributed by atoms with Gasteiger partial charge in [-0.25, -0.2) is 0 Å². The number of piperidine rings is 1. The van der Waals surface area contributed by atoms with Gasteiger partial charge in [-0.05, 0) is 63.4 Å². The zero-order valence-electron chi connectivity index (χ0n) is 11.4. The lowest BCUT2D eigenvalue weighted by Crippen LogP contribution is -2.42. The van der Waals surface area contributed by atoms with E-state index in [0.29, 0.717) is 6.04 Å². The number of benzene rings is 1. The first-order valence-electron chi connectivity index (χ1n) is 7.35. The number of aryl methyl sites for hydroxylation is 1. The minimum absolute atomic E-state index is 0.600. The van der Waals surface area contributed by atoms with Gasteiger partial charge in [-0.15, -0.1) is 0 Å². The Morgan fingerprint density at radius 2 is 1.89 bits per heavy atom. The highest BCUT2D eigenvalue weighted by atomic mass is 15.1. The van der Waals surface area contributed by atoms with Gasteiger partial charge in [0, 0.05) is 12.1 Å². The molecule has 1 N–H and O–H groups in total. The maximum absolute atomic E-state index is 3.91. The average molecular weight is 244 g/mol. The van der Waals surface area contributed by atoms with Crippen molar-refractivity contribution in [3.8, 4) is 0 Å². The van der Waals surface area contributed by atoms with Gasteiger partial charge >= 0.3 is 0 Å². The van der Waals surface area contributed by atoms with E-state index >= 15 is 0 Å². The Labute approximate surface area is 110 Å². The highest BCUT2D eigenvalue weighted by Crippen LogP contribution is 2.30. The molecule has 0 amide bonds. The van der Waals surface area contributed by atoms with Crippen LogP contribution in [0.3, 0.4) is 0 Å². The van der Waals surface area contributed by atoms with Crippen molar-refractivity contribution >= 4 is 0 Å².